The lowest BCUT2D eigenvalue weighted by Crippen LogP contribution is -2.01. The summed E-state index contributed by atoms with van der Waals surface area (Å²) in [5, 5.41) is 13.8. The van der Waals surface area contributed by atoms with E-state index in [2.05, 4.69) is 21.2 Å². The molecule has 2 nitrogen and oxygen atoms in total. The van der Waals surface area contributed by atoms with Crippen LogP contribution in [0.1, 0.15) is 11.1 Å². The molecular formula is C14H13BrClNO. The topological polar surface area (TPSA) is 32.3 Å². The Morgan fingerprint density at radius 1 is 1.28 bits per heavy atom. The van der Waals surface area contributed by atoms with Gasteiger partial charge in [-0.3, -0.25) is 0 Å². The molecule has 4 heteroatoms. The second-order valence-corrected chi connectivity index (χ2v) is 5.36. The van der Waals surface area contributed by atoms with Crippen molar-refractivity contribution in [2.75, 3.05) is 5.32 Å². The summed E-state index contributed by atoms with van der Waals surface area (Å²) in [6.45, 7) is 2.51. The highest BCUT2D eigenvalue weighted by Gasteiger charge is 2.04. The normalized spacial score (nSPS) is 10.4. The molecule has 2 aromatic carbocycles. The van der Waals surface area contributed by atoms with Gasteiger partial charge in [0.15, 0.2) is 0 Å². The summed E-state index contributed by atoms with van der Waals surface area (Å²) in [6, 6.07) is 11.1. The van der Waals surface area contributed by atoms with Crippen molar-refractivity contribution >= 4 is 33.2 Å². The van der Waals surface area contributed by atoms with Gasteiger partial charge in [0.25, 0.3) is 0 Å². The van der Waals surface area contributed by atoms with Gasteiger partial charge in [0, 0.05) is 27.3 Å². The average molecular weight is 327 g/mol. The second kappa shape index (κ2) is 5.63. The van der Waals surface area contributed by atoms with Crippen molar-refractivity contribution in [3.8, 4) is 5.75 Å². The van der Waals surface area contributed by atoms with E-state index < -0.39 is 0 Å². The highest BCUT2D eigenvalue weighted by Crippen LogP contribution is 2.26. The van der Waals surface area contributed by atoms with E-state index in [9.17, 15) is 5.11 Å². The molecule has 0 aliphatic rings. The summed E-state index contributed by atoms with van der Waals surface area (Å²) in [5.41, 5.74) is 2.82. The van der Waals surface area contributed by atoms with E-state index in [0.29, 0.717) is 6.54 Å². The van der Waals surface area contributed by atoms with Crippen LogP contribution in [0, 0.1) is 6.92 Å². The van der Waals surface area contributed by atoms with Gasteiger partial charge in [-0.05, 0) is 42.8 Å². The number of aromatic hydroxyl groups is 1. The molecule has 18 heavy (non-hydrogen) atoms. The Morgan fingerprint density at radius 3 is 2.83 bits per heavy atom. The molecule has 0 heterocycles. The number of hydrogen-bond acceptors (Lipinski definition) is 2. The first kappa shape index (κ1) is 13.2. The molecule has 0 unspecified atom stereocenters. The molecule has 0 aliphatic carbocycles. The largest absolute Gasteiger partial charge is 0.508 e. The van der Waals surface area contributed by atoms with Crippen LogP contribution in [0.2, 0.25) is 5.02 Å². The van der Waals surface area contributed by atoms with Crippen LogP contribution in [0.4, 0.5) is 5.69 Å². The van der Waals surface area contributed by atoms with Crippen molar-refractivity contribution in [1.29, 1.82) is 0 Å². The Bertz CT molecular complexity index is 570. The summed E-state index contributed by atoms with van der Waals surface area (Å²) in [5.74, 6) is 0.283. The zero-order valence-electron chi connectivity index (χ0n) is 9.87. The second-order valence-electron chi connectivity index (χ2n) is 4.04. The fourth-order valence-corrected chi connectivity index (χ4v) is 2.27. The third-order valence-electron chi connectivity index (χ3n) is 2.78. The van der Waals surface area contributed by atoms with E-state index in [-0.39, 0.29) is 5.75 Å². The van der Waals surface area contributed by atoms with Gasteiger partial charge in [-0.2, -0.15) is 0 Å². The molecule has 0 aromatic heterocycles. The van der Waals surface area contributed by atoms with Gasteiger partial charge in [0.05, 0.1) is 0 Å². The lowest BCUT2D eigenvalue weighted by Gasteiger charge is -2.11. The van der Waals surface area contributed by atoms with E-state index in [4.69, 9.17) is 11.6 Å². The van der Waals surface area contributed by atoms with Gasteiger partial charge in [-0.15, -0.1) is 0 Å². The molecule has 0 saturated heterocycles. The Balaban J connectivity index is 2.16. The van der Waals surface area contributed by atoms with E-state index in [1.165, 1.54) is 0 Å². The van der Waals surface area contributed by atoms with Crippen LogP contribution in [-0.2, 0) is 6.54 Å². The van der Waals surface area contributed by atoms with Crippen molar-refractivity contribution < 1.29 is 5.11 Å². The molecule has 0 bridgehead atoms. The number of phenols is 1. The van der Waals surface area contributed by atoms with Crippen molar-refractivity contribution in [2.24, 2.45) is 0 Å². The van der Waals surface area contributed by atoms with Gasteiger partial charge in [0.2, 0.25) is 0 Å². The Hall–Kier alpha value is -1.19. The van der Waals surface area contributed by atoms with E-state index >= 15 is 0 Å². The van der Waals surface area contributed by atoms with Crippen LogP contribution in [0.3, 0.4) is 0 Å². The maximum Gasteiger partial charge on any atom is 0.120 e. The van der Waals surface area contributed by atoms with Crippen LogP contribution in [0.15, 0.2) is 40.9 Å². The minimum atomic E-state index is 0.283. The summed E-state index contributed by atoms with van der Waals surface area (Å²) >= 11 is 9.44. The van der Waals surface area contributed by atoms with Crippen molar-refractivity contribution in [3.05, 3.63) is 57.0 Å². The number of phenolic OH excluding ortho intramolecular Hbond substituents is 1. The first-order valence-electron chi connectivity index (χ1n) is 5.54. The molecule has 0 amide bonds. The van der Waals surface area contributed by atoms with Gasteiger partial charge < -0.3 is 10.4 Å². The Labute approximate surface area is 120 Å². The molecule has 94 valence electrons. The molecule has 2 rings (SSSR count). The summed E-state index contributed by atoms with van der Waals surface area (Å²) in [6.07, 6.45) is 0. The molecule has 0 spiro atoms. The van der Waals surface area contributed by atoms with Crippen LogP contribution < -0.4 is 5.32 Å². The fraction of sp³-hybridized carbons (Fsp3) is 0.143. The smallest absolute Gasteiger partial charge is 0.120 e. The summed E-state index contributed by atoms with van der Waals surface area (Å²) in [4.78, 5) is 0. The molecule has 0 saturated carbocycles. The lowest BCUT2D eigenvalue weighted by atomic mass is 10.1. The van der Waals surface area contributed by atoms with Crippen LogP contribution in [0.25, 0.3) is 0 Å². The van der Waals surface area contributed by atoms with Crippen LogP contribution >= 0.6 is 27.5 Å². The predicted molar refractivity (Wildman–Crippen MR) is 79.3 cm³/mol. The first-order chi connectivity index (χ1) is 8.58. The van der Waals surface area contributed by atoms with Crippen LogP contribution in [0.5, 0.6) is 5.75 Å². The molecular weight excluding hydrogens is 314 g/mol. The maximum absolute atomic E-state index is 9.75. The van der Waals surface area contributed by atoms with E-state index in [1.807, 2.05) is 37.3 Å². The molecule has 0 atom stereocenters. The third-order valence-corrected chi connectivity index (χ3v) is 3.68. The molecule has 2 aromatic rings. The van der Waals surface area contributed by atoms with Crippen LogP contribution in [-0.4, -0.2) is 5.11 Å². The predicted octanol–water partition coefficient (Wildman–Crippen LogP) is 4.73. The lowest BCUT2D eigenvalue weighted by molar-refractivity contribution is 0.469. The van der Waals surface area contributed by atoms with Gasteiger partial charge in [-0.1, -0.05) is 33.6 Å². The number of hydrogen-bond donors (Lipinski definition) is 2. The number of nitrogens with one attached hydrogen (secondary N) is 1. The molecule has 0 aliphatic heterocycles. The van der Waals surface area contributed by atoms with Gasteiger partial charge in [-0.25, -0.2) is 0 Å². The molecule has 2 N–H and O–H groups in total. The maximum atomic E-state index is 9.75. The van der Waals surface area contributed by atoms with Crippen molar-refractivity contribution in [3.63, 3.8) is 0 Å². The third kappa shape index (κ3) is 2.98. The average Bonchev–Trinajstić information content (AvgIpc) is 2.35. The summed E-state index contributed by atoms with van der Waals surface area (Å²) < 4.78 is 0.944. The number of anilines is 1. The monoisotopic (exact) mass is 325 g/mol. The molecule has 0 fully saturated rings. The highest BCUT2D eigenvalue weighted by molar-refractivity contribution is 9.10. The first-order valence-corrected chi connectivity index (χ1v) is 6.71. The van der Waals surface area contributed by atoms with E-state index in [0.717, 1.165) is 26.3 Å². The zero-order chi connectivity index (χ0) is 13.1. The van der Waals surface area contributed by atoms with E-state index in [1.54, 1.807) is 6.07 Å². The minimum Gasteiger partial charge on any atom is -0.508 e. The Kier molecular flexibility index (Phi) is 4.15. The zero-order valence-corrected chi connectivity index (χ0v) is 12.2. The van der Waals surface area contributed by atoms with Gasteiger partial charge >= 0.3 is 0 Å². The highest BCUT2D eigenvalue weighted by atomic mass is 79.9. The molecule has 0 radical (unpaired) electrons. The van der Waals surface area contributed by atoms with Crippen molar-refractivity contribution in [2.45, 2.75) is 13.5 Å². The van der Waals surface area contributed by atoms with Gasteiger partial charge in [0.1, 0.15) is 5.75 Å². The number of benzene rings is 2. The SMILES string of the molecule is Cc1c(Cl)cccc1NCc1cc(Br)ccc1O. The standard InChI is InChI=1S/C14H13BrClNO/c1-9-12(16)3-2-4-13(9)17-8-10-7-11(15)5-6-14(10)18/h2-7,17-18H,8H2,1H3. The Morgan fingerprint density at radius 2 is 2.06 bits per heavy atom. The van der Waals surface area contributed by atoms with Crippen molar-refractivity contribution in [1.82, 2.24) is 0 Å². The minimum absolute atomic E-state index is 0.283. The number of halogens is 2. The quantitative estimate of drug-likeness (QED) is 0.854. The fourth-order valence-electron chi connectivity index (χ4n) is 1.69. The summed E-state index contributed by atoms with van der Waals surface area (Å²) in [7, 11) is 0. The number of rotatable bonds is 3.